The van der Waals surface area contributed by atoms with Crippen molar-refractivity contribution >= 4 is 29.2 Å². The van der Waals surface area contributed by atoms with Crippen LogP contribution < -0.4 is 19.9 Å². The second-order valence-corrected chi connectivity index (χ2v) is 11.6. The van der Waals surface area contributed by atoms with E-state index >= 15 is 4.39 Å². The lowest BCUT2D eigenvalue weighted by atomic mass is 10.1. The molecule has 0 atom stereocenters. The third-order valence-corrected chi connectivity index (χ3v) is 8.32. The lowest BCUT2D eigenvalue weighted by molar-refractivity contribution is -0.137. The molecule has 1 aromatic heterocycles. The molecule has 4 aliphatic rings. The molecular weight excluding hydrogens is 579 g/mol. The lowest BCUT2D eigenvalue weighted by Gasteiger charge is -2.37. The SMILES string of the molecule is CC1=Cc2c(F)c(Oc3nc(NC4=NCC(C5CC5)=C4)cc(N4CCN(c5cccc(C(F)(F)F)c5)CC4)n3)cc(F)c2C1. The van der Waals surface area contributed by atoms with Gasteiger partial charge >= 0.3 is 12.2 Å². The molecule has 1 N–H and O–H groups in total. The van der Waals surface area contributed by atoms with Gasteiger partial charge in [0.05, 0.1) is 12.1 Å². The van der Waals surface area contributed by atoms with Crippen molar-refractivity contribution in [2.75, 3.05) is 47.8 Å². The van der Waals surface area contributed by atoms with Crippen LogP contribution in [0.4, 0.5) is 39.3 Å². The van der Waals surface area contributed by atoms with Crippen molar-refractivity contribution in [3.63, 3.8) is 0 Å². The van der Waals surface area contributed by atoms with Gasteiger partial charge in [-0.25, -0.2) is 8.78 Å². The number of nitrogens with zero attached hydrogens (tertiary/aromatic N) is 5. The third kappa shape index (κ3) is 5.72. The monoisotopic (exact) mass is 608 g/mol. The Bertz CT molecular complexity index is 1720. The second kappa shape index (κ2) is 10.9. The predicted octanol–water partition coefficient (Wildman–Crippen LogP) is 7.01. The summed E-state index contributed by atoms with van der Waals surface area (Å²) in [4.78, 5) is 17.4. The molecule has 2 aliphatic heterocycles. The fraction of sp³-hybridized carbons (Fsp3) is 0.344. The van der Waals surface area contributed by atoms with Crippen molar-refractivity contribution in [1.29, 1.82) is 0 Å². The largest absolute Gasteiger partial charge is 0.421 e. The Labute approximate surface area is 250 Å². The molecule has 44 heavy (non-hydrogen) atoms. The Morgan fingerprint density at radius 3 is 2.48 bits per heavy atom. The topological polar surface area (TPSA) is 65.9 Å². The molecule has 228 valence electrons. The first-order chi connectivity index (χ1) is 21.1. The summed E-state index contributed by atoms with van der Waals surface area (Å²) in [6.45, 7) is 4.22. The molecule has 0 spiro atoms. The summed E-state index contributed by atoms with van der Waals surface area (Å²) in [5, 5.41) is 3.21. The van der Waals surface area contributed by atoms with E-state index in [1.54, 1.807) is 18.2 Å². The van der Waals surface area contributed by atoms with Gasteiger partial charge in [0.2, 0.25) is 0 Å². The third-order valence-electron chi connectivity index (χ3n) is 8.32. The van der Waals surface area contributed by atoms with E-state index in [4.69, 9.17) is 4.74 Å². The quantitative estimate of drug-likeness (QED) is 0.304. The zero-order chi connectivity index (χ0) is 30.6. The van der Waals surface area contributed by atoms with Crippen LogP contribution in [-0.4, -0.2) is 48.5 Å². The summed E-state index contributed by atoms with van der Waals surface area (Å²) in [6, 6.07) is 7.85. The number of nitrogens with one attached hydrogen (secondary N) is 1. The molecule has 2 aromatic carbocycles. The van der Waals surface area contributed by atoms with Gasteiger partial charge in [-0.15, -0.1) is 0 Å². The number of aliphatic imine (C=N–C) groups is 1. The van der Waals surface area contributed by atoms with Crippen molar-refractivity contribution in [3.8, 4) is 11.8 Å². The average molecular weight is 609 g/mol. The maximum Gasteiger partial charge on any atom is 0.416 e. The van der Waals surface area contributed by atoms with Crippen molar-refractivity contribution in [2.45, 2.75) is 32.4 Å². The van der Waals surface area contributed by atoms with Crippen LogP contribution in [-0.2, 0) is 12.6 Å². The molecule has 7 nitrogen and oxygen atoms in total. The molecule has 3 heterocycles. The molecular formula is C32H29F5N6O. The van der Waals surface area contributed by atoms with Gasteiger partial charge in [0.1, 0.15) is 23.3 Å². The number of aromatic nitrogens is 2. The highest BCUT2D eigenvalue weighted by Crippen LogP contribution is 2.39. The van der Waals surface area contributed by atoms with Crippen molar-refractivity contribution in [3.05, 3.63) is 81.9 Å². The number of ether oxygens (including phenoxy) is 1. The summed E-state index contributed by atoms with van der Waals surface area (Å²) in [5.41, 5.74) is 2.36. The zero-order valence-corrected chi connectivity index (χ0v) is 23.9. The smallest absolute Gasteiger partial charge is 0.416 e. The number of hydrogen-bond donors (Lipinski definition) is 1. The summed E-state index contributed by atoms with van der Waals surface area (Å²) in [7, 11) is 0. The van der Waals surface area contributed by atoms with Gasteiger partial charge in [-0.1, -0.05) is 17.7 Å². The summed E-state index contributed by atoms with van der Waals surface area (Å²) in [6.07, 6.45) is 1.86. The normalized spacial score (nSPS) is 18.2. The van der Waals surface area contributed by atoms with E-state index in [0.29, 0.717) is 73.8 Å². The van der Waals surface area contributed by atoms with Gasteiger partial charge in [-0.2, -0.15) is 23.1 Å². The Kier molecular flexibility index (Phi) is 7.01. The lowest BCUT2D eigenvalue weighted by Crippen LogP contribution is -2.47. The van der Waals surface area contributed by atoms with Crippen LogP contribution in [0, 0.1) is 17.6 Å². The second-order valence-electron chi connectivity index (χ2n) is 11.6. The molecule has 0 radical (unpaired) electrons. The number of benzene rings is 2. The van der Waals surface area contributed by atoms with Gasteiger partial charge in [0.25, 0.3) is 0 Å². The molecule has 1 saturated heterocycles. The first-order valence-corrected chi connectivity index (χ1v) is 14.5. The van der Waals surface area contributed by atoms with Crippen molar-refractivity contribution in [1.82, 2.24) is 9.97 Å². The fourth-order valence-corrected chi connectivity index (χ4v) is 5.85. The Morgan fingerprint density at radius 1 is 0.955 bits per heavy atom. The highest BCUT2D eigenvalue weighted by atomic mass is 19.4. The van der Waals surface area contributed by atoms with E-state index in [9.17, 15) is 17.6 Å². The summed E-state index contributed by atoms with van der Waals surface area (Å²) < 4.78 is 75.9. The number of fused-ring (bicyclic) bond motifs is 1. The molecule has 0 bridgehead atoms. The van der Waals surface area contributed by atoms with Crippen LogP contribution in [0.1, 0.15) is 36.5 Å². The minimum atomic E-state index is -4.42. The van der Waals surface area contributed by atoms with Crippen LogP contribution in [0.25, 0.3) is 6.08 Å². The number of hydrogen-bond acceptors (Lipinski definition) is 7. The highest BCUT2D eigenvalue weighted by molar-refractivity contribution is 6.05. The zero-order valence-electron chi connectivity index (χ0n) is 23.9. The predicted molar refractivity (Wildman–Crippen MR) is 158 cm³/mol. The average Bonchev–Trinajstić information content (AvgIpc) is 3.62. The molecule has 1 saturated carbocycles. The van der Waals surface area contributed by atoms with Crippen LogP contribution >= 0.6 is 0 Å². The van der Waals surface area contributed by atoms with Crippen LogP contribution in [0.15, 0.2) is 58.6 Å². The van der Waals surface area contributed by atoms with Crippen molar-refractivity contribution < 1.29 is 26.7 Å². The molecule has 0 unspecified atom stereocenters. The maximum absolute atomic E-state index is 15.4. The number of amidine groups is 1. The molecule has 12 heteroatoms. The number of allylic oxidation sites excluding steroid dienone is 1. The molecule has 3 aromatic rings. The molecule has 7 rings (SSSR count). The van der Waals surface area contributed by atoms with Crippen LogP contribution in [0.5, 0.6) is 11.8 Å². The molecule has 2 fully saturated rings. The van der Waals surface area contributed by atoms with Gasteiger partial charge < -0.3 is 19.9 Å². The molecule has 0 amide bonds. The van der Waals surface area contributed by atoms with E-state index < -0.39 is 23.4 Å². The van der Waals surface area contributed by atoms with E-state index in [1.807, 2.05) is 22.8 Å². The van der Waals surface area contributed by atoms with E-state index in [2.05, 4.69) is 20.3 Å². The number of alkyl halides is 3. The standard InChI is InChI=1S/C32H29F5N6O/c1-18-11-23-24(12-18)30(34)26(15-25(23)33)44-31-40-28(39-27-13-20(17-38-27)19-5-6-19)16-29(41-31)43-9-7-42(8-10-43)22-4-2-3-21(14-22)32(35,36)37/h2-4,12-16,19H,5-11,17H2,1H3,(H,38,39,40,41). The van der Waals surface area contributed by atoms with E-state index in [-0.39, 0.29) is 17.3 Å². The van der Waals surface area contributed by atoms with Crippen LogP contribution in [0.2, 0.25) is 0 Å². The van der Waals surface area contributed by atoms with E-state index in [1.165, 1.54) is 11.6 Å². The van der Waals surface area contributed by atoms with Gasteiger partial charge in [-0.05, 0) is 62.0 Å². The number of piperazine rings is 1. The Hall–Kier alpha value is -4.48. The first-order valence-electron chi connectivity index (χ1n) is 14.5. The summed E-state index contributed by atoms with van der Waals surface area (Å²) in [5.74, 6) is 0.489. The maximum atomic E-state index is 15.4. The van der Waals surface area contributed by atoms with Gasteiger partial charge in [0.15, 0.2) is 11.6 Å². The van der Waals surface area contributed by atoms with Crippen LogP contribution in [0.3, 0.4) is 0 Å². The minimum Gasteiger partial charge on any atom is -0.421 e. The Balaban J connectivity index is 1.15. The fourth-order valence-electron chi connectivity index (χ4n) is 5.85. The van der Waals surface area contributed by atoms with E-state index in [0.717, 1.165) is 36.6 Å². The first kappa shape index (κ1) is 28.3. The number of anilines is 3. The minimum absolute atomic E-state index is 0.163. The highest BCUT2D eigenvalue weighted by Gasteiger charge is 2.32. The molecule has 2 aliphatic carbocycles. The number of halogens is 5. The summed E-state index contributed by atoms with van der Waals surface area (Å²) >= 11 is 0. The van der Waals surface area contributed by atoms with Crippen molar-refractivity contribution in [2.24, 2.45) is 10.9 Å². The van der Waals surface area contributed by atoms with Gasteiger partial charge in [-0.3, -0.25) is 4.99 Å². The number of rotatable bonds is 6. The Morgan fingerprint density at radius 2 is 1.73 bits per heavy atom. The van der Waals surface area contributed by atoms with Gasteiger partial charge in [0, 0.05) is 55.1 Å².